The van der Waals surface area contributed by atoms with E-state index >= 15 is 0 Å². The van der Waals surface area contributed by atoms with Crippen molar-refractivity contribution in [3.63, 3.8) is 0 Å². The summed E-state index contributed by atoms with van der Waals surface area (Å²) in [7, 11) is 1.66. The van der Waals surface area contributed by atoms with Gasteiger partial charge in [-0.05, 0) is 36.8 Å². The molecule has 0 aromatic heterocycles. The normalized spacial score (nSPS) is 13.9. The Morgan fingerprint density at radius 1 is 1.05 bits per heavy atom. The lowest BCUT2D eigenvalue weighted by Crippen LogP contribution is -2.20. The van der Waals surface area contributed by atoms with Crippen LogP contribution < -0.4 is 4.74 Å². The van der Waals surface area contributed by atoms with E-state index in [2.05, 4.69) is 30.6 Å². The molecule has 0 aliphatic carbocycles. The Balaban J connectivity index is 2.24. The van der Waals surface area contributed by atoms with Gasteiger partial charge in [0.2, 0.25) is 0 Å². The Bertz CT molecular complexity index is 587. The molecule has 2 heteroatoms. The molecule has 0 saturated heterocycles. The molecule has 2 rings (SSSR count). The fraction of sp³-hybridized carbons (Fsp3) is 0.167. The maximum absolute atomic E-state index is 5.14. The van der Waals surface area contributed by atoms with E-state index in [1.807, 2.05) is 54.8 Å². The molecule has 0 radical (unpaired) electrons. The van der Waals surface area contributed by atoms with E-state index in [9.17, 15) is 0 Å². The van der Waals surface area contributed by atoms with Crippen LogP contribution in [-0.2, 0) is 5.41 Å². The van der Waals surface area contributed by atoms with Crippen LogP contribution in [0.15, 0.2) is 72.2 Å². The number of allylic oxidation sites excluding steroid dienone is 1. The Labute approximate surface area is 120 Å². The molecule has 0 heterocycles. The molecule has 0 aliphatic heterocycles. The molecule has 20 heavy (non-hydrogen) atoms. The molecular formula is C18H19NO. The number of aliphatic imine (C=N–C) groups is 1. The number of rotatable bonds is 5. The molecule has 2 aromatic carbocycles. The van der Waals surface area contributed by atoms with Crippen molar-refractivity contribution in [3.8, 4) is 5.75 Å². The number of hydrogen-bond acceptors (Lipinski definition) is 2. The Kier molecular flexibility index (Phi) is 4.36. The molecule has 0 fully saturated rings. The summed E-state index contributed by atoms with van der Waals surface area (Å²) < 4.78 is 5.14. The van der Waals surface area contributed by atoms with Crippen molar-refractivity contribution in [2.45, 2.75) is 12.3 Å². The average molecular weight is 265 g/mol. The second-order valence-electron chi connectivity index (χ2n) is 4.81. The third kappa shape index (κ3) is 3.15. The van der Waals surface area contributed by atoms with Gasteiger partial charge in [0.05, 0.1) is 12.8 Å². The van der Waals surface area contributed by atoms with Crippen LogP contribution in [0.4, 0.5) is 5.69 Å². The molecule has 0 saturated carbocycles. The van der Waals surface area contributed by atoms with Gasteiger partial charge in [-0.3, -0.25) is 4.99 Å². The molecule has 0 aliphatic rings. The highest BCUT2D eigenvalue weighted by Gasteiger charge is 2.19. The van der Waals surface area contributed by atoms with Gasteiger partial charge in [-0.15, -0.1) is 6.58 Å². The van der Waals surface area contributed by atoms with E-state index in [1.165, 1.54) is 5.56 Å². The van der Waals surface area contributed by atoms with Crippen LogP contribution in [0.3, 0.4) is 0 Å². The van der Waals surface area contributed by atoms with Crippen LogP contribution in [0, 0.1) is 0 Å². The van der Waals surface area contributed by atoms with Gasteiger partial charge in [-0.2, -0.15) is 0 Å². The Morgan fingerprint density at radius 3 is 2.25 bits per heavy atom. The first-order chi connectivity index (χ1) is 9.68. The van der Waals surface area contributed by atoms with Gasteiger partial charge in [0.15, 0.2) is 0 Å². The van der Waals surface area contributed by atoms with E-state index in [1.54, 1.807) is 7.11 Å². The number of methoxy groups -OCH3 is 1. The van der Waals surface area contributed by atoms with Crippen molar-refractivity contribution >= 4 is 11.9 Å². The summed E-state index contributed by atoms with van der Waals surface area (Å²) in [6.45, 7) is 6.04. The second kappa shape index (κ2) is 6.20. The highest BCUT2D eigenvalue weighted by atomic mass is 16.5. The van der Waals surface area contributed by atoms with Crippen LogP contribution in [0.2, 0.25) is 0 Å². The molecule has 2 aromatic rings. The van der Waals surface area contributed by atoms with Gasteiger partial charge in [0.1, 0.15) is 5.75 Å². The summed E-state index contributed by atoms with van der Waals surface area (Å²) in [5.41, 5.74) is 1.79. The molecule has 0 unspecified atom stereocenters. The summed E-state index contributed by atoms with van der Waals surface area (Å²) in [6, 6.07) is 17.9. The Hall–Kier alpha value is -2.35. The van der Waals surface area contributed by atoms with E-state index in [0.29, 0.717) is 0 Å². The van der Waals surface area contributed by atoms with E-state index in [0.717, 1.165) is 11.4 Å². The van der Waals surface area contributed by atoms with Crippen LogP contribution in [0.5, 0.6) is 5.75 Å². The number of nitrogens with zero attached hydrogens (tertiary/aromatic N) is 1. The lowest BCUT2D eigenvalue weighted by Gasteiger charge is -2.21. The molecule has 1 atom stereocenters. The monoisotopic (exact) mass is 265 g/mol. The summed E-state index contributed by atoms with van der Waals surface area (Å²) in [4.78, 5) is 4.55. The first-order valence-electron chi connectivity index (χ1n) is 6.56. The first-order valence-corrected chi connectivity index (χ1v) is 6.56. The van der Waals surface area contributed by atoms with E-state index in [-0.39, 0.29) is 5.41 Å². The quantitative estimate of drug-likeness (QED) is 0.574. The van der Waals surface area contributed by atoms with E-state index < -0.39 is 0 Å². The summed E-state index contributed by atoms with van der Waals surface area (Å²) >= 11 is 0. The first kappa shape index (κ1) is 14.1. The summed E-state index contributed by atoms with van der Waals surface area (Å²) in [5.74, 6) is 0.832. The summed E-state index contributed by atoms with van der Waals surface area (Å²) in [6.07, 6.45) is 3.84. The molecule has 2 nitrogen and oxygen atoms in total. The topological polar surface area (TPSA) is 21.6 Å². The van der Waals surface area contributed by atoms with Crippen molar-refractivity contribution in [2.24, 2.45) is 4.99 Å². The molecule has 0 amide bonds. The standard InChI is InChI=1S/C18H19NO/c1-4-18(2,15-8-6-5-7-9-15)14-19-16-10-12-17(20-3)13-11-16/h4-14H,1H2,2-3H3/t18-/m1/s1. The summed E-state index contributed by atoms with van der Waals surface area (Å²) in [5, 5.41) is 0. The molecule has 102 valence electrons. The van der Waals surface area contributed by atoms with Crippen LogP contribution in [-0.4, -0.2) is 13.3 Å². The maximum Gasteiger partial charge on any atom is 0.119 e. The third-order valence-electron chi connectivity index (χ3n) is 3.37. The third-order valence-corrected chi connectivity index (χ3v) is 3.37. The number of ether oxygens (including phenoxy) is 1. The minimum absolute atomic E-state index is 0.277. The smallest absolute Gasteiger partial charge is 0.119 e. The minimum Gasteiger partial charge on any atom is -0.497 e. The molecule has 0 N–H and O–H groups in total. The zero-order valence-corrected chi connectivity index (χ0v) is 11.9. The van der Waals surface area contributed by atoms with E-state index in [4.69, 9.17) is 4.74 Å². The number of hydrogen-bond donors (Lipinski definition) is 0. The van der Waals surface area contributed by atoms with Gasteiger partial charge >= 0.3 is 0 Å². The van der Waals surface area contributed by atoms with Crippen molar-refractivity contribution in [2.75, 3.05) is 7.11 Å². The highest BCUT2D eigenvalue weighted by molar-refractivity contribution is 5.78. The highest BCUT2D eigenvalue weighted by Crippen LogP contribution is 2.25. The van der Waals surface area contributed by atoms with Gasteiger partial charge in [0.25, 0.3) is 0 Å². The van der Waals surface area contributed by atoms with Crippen LogP contribution in [0.25, 0.3) is 0 Å². The van der Waals surface area contributed by atoms with Crippen LogP contribution >= 0.6 is 0 Å². The van der Waals surface area contributed by atoms with Crippen molar-refractivity contribution in [1.82, 2.24) is 0 Å². The predicted octanol–water partition coefficient (Wildman–Crippen LogP) is 4.54. The average Bonchev–Trinajstić information content (AvgIpc) is 2.54. The van der Waals surface area contributed by atoms with Crippen LogP contribution in [0.1, 0.15) is 12.5 Å². The zero-order chi connectivity index (χ0) is 14.4. The van der Waals surface area contributed by atoms with Crippen molar-refractivity contribution in [1.29, 1.82) is 0 Å². The maximum atomic E-state index is 5.14. The lowest BCUT2D eigenvalue weighted by molar-refractivity contribution is 0.415. The van der Waals surface area contributed by atoms with Gasteiger partial charge in [0, 0.05) is 11.6 Å². The SMILES string of the molecule is C=C[C@](C)(C=Nc1ccc(OC)cc1)c1ccccc1. The lowest BCUT2D eigenvalue weighted by atomic mass is 9.84. The predicted molar refractivity (Wildman–Crippen MR) is 85.1 cm³/mol. The van der Waals surface area contributed by atoms with Gasteiger partial charge in [-0.25, -0.2) is 0 Å². The second-order valence-corrected chi connectivity index (χ2v) is 4.81. The molecule has 0 bridgehead atoms. The number of benzene rings is 2. The Morgan fingerprint density at radius 2 is 1.70 bits per heavy atom. The fourth-order valence-electron chi connectivity index (χ4n) is 1.92. The minimum atomic E-state index is -0.277. The van der Waals surface area contributed by atoms with Crippen molar-refractivity contribution in [3.05, 3.63) is 72.8 Å². The molecular weight excluding hydrogens is 246 g/mol. The fourth-order valence-corrected chi connectivity index (χ4v) is 1.92. The van der Waals surface area contributed by atoms with Gasteiger partial charge in [-0.1, -0.05) is 36.4 Å². The van der Waals surface area contributed by atoms with Crippen molar-refractivity contribution < 1.29 is 4.74 Å². The largest absolute Gasteiger partial charge is 0.497 e. The van der Waals surface area contributed by atoms with Gasteiger partial charge < -0.3 is 4.74 Å². The zero-order valence-electron chi connectivity index (χ0n) is 11.9. The molecule has 0 spiro atoms.